The molecule has 2 aliphatic rings. The molecule has 0 spiro atoms. The molecule has 0 saturated carbocycles. The molecule has 0 N–H and O–H groups in total. The van der Waals surface area contributed by atoms with Crippen LogP contribution in [0.1, 0.15) is 22.1 Å². The molecule has 0 aliphatic carbocycles. The highest BCUT2D eigenvalue weighted by atomic mass is 32.2. The van der Waals surface area contributed by atoms with E-state index in [0.717, 1.165) is 35.2 Å². The summed E-state index contributed by atoms with van der Waals surface area (Å²) in [6.45, 7) is 7.04. The monoisotopic (exact) mass is 378 g/mol. The van der Waals surface area contributed by atoms with Crippen LogP contribution in [0.2, 0.25) is 0 Å². The zero-order chi connectivity index (χ0) is 17.6. The second-order valence-corrected chi connectivity index (χ2v) is 10.2. The largest absolute Gasteiger partial charge is 0.296 e. The van der Waals surface area contributed by atoms with E-state index in [-0.39, 0.29) is 11.2 Å². The second-order valence-electron chi connectivity index (χ2n) is 6.96. The fourth-order valence-electron chi connectivity index (χ4n) is 3.86. The van der Waals surface area contributed by atoms with Crippen molar-refractivity contribution in [1.29, 1.82) is 0 Å². The predicted octanol–water partition coefficient (Wildman–Crippen LogP) is 1.80. The van der Waals surface area contributed by atoms with Crippen molar-refractivity contribution in [1.82, 2.24) is 19.2 Å². The normalized spacial score (nSPS) is 26.2. The number of aromatic nitrogens is 2. The number of thiazole rings is 1. The van der Waals surface area contributed by atoms with E-state index in [9.17, 15) is 8.42 Å². The highest BCUT2D eigenvalue weighted by Crippen LogP contribution is 2.35. The van der Waals surface area contributed by atoms with Gasteiger partial charge in [-0.1, -0.05) is 6.07 Å². The van der Waals surface area contributed by atoms with Gasteiger partial charge in [-0.2, -0.15) is 4.31 Å². The summed E-state index contributed by atoms with van der Waals surface area (Å²) in [6, 6.07) is 5.99. The van der Waals surface area contributed by atoms with E-state index in [1.165, 1.54) is 0 Å². The molecular weight excluding hydrogens is 356 g/mol. The van der Waals surface area contributed by atoms with Gasteiger partial charge in [-0.3, -0.25) is 9.88 Å². The number of sulfonamides is 1. The van der Waals surface area contributed by atoms with Crippen molar-refractivity contribution >= 4 is 21.4 Å². The molecular formula is C17H22N4O2S2. The maximum Gasteiger partial charge on any atom is 0.218 e. The minimum absolute atomic E-state index is 0.176. The lowest BCUT2D eigenvalue weighted by Crippen LogP contribution is -2.34. The molecule has 6 nitrogen and oxygen atoms in total. The van der Waals surface area contributed by atoms with E-state index >= 15 is 0 Å². The van der Waals surface area contributed by atoms with Crippen LogP contribution in [0.4, 0.5) is 0 Å². The molecule has 25 heavy (non-hydrogen) atoms. The summed E-state index contributed by atoms with van der Waals surface area (Å²) in [6.07, 6.45) is 0. The van der Waals surface area contributed by atoms with Crippen LogP contribution in [0.5, 0.6) is 0 Å². The molecule has 4 rings (SSSR count). The highest BCUT2D eigenvalue weighted by molar-refractivity contribution is 7.90. The first-order valence-corrected chi connectivity index (χ1v) is 10.8. The van der Waals surface area contributed by atoms with Crippen LogP contribution < -0.4 is 0 Å². The van der Waals surface area contributed by atoms with Gasteiger partial charge in [-0.25, -0.2) is 13.4 Å². The number of pyridine rings is 1. The molecule has 2 aromatic heterocycles. The average molecular weight is 379 g/mol. The molecule has 4 heterocycles. The Balaban J connectivity index is 1.44. The molecule has 2 atom stereocenters. The van der Waals surface area contributed by atoms with Crippen LogP contribution in [0.15, 0.2) is 23.6 Å². The molecule has 2 aromatic rings. The SMILES string of the molecule is Cc1cccc(CN2C[C@H]3CN(Cc4csc(C)n4)S(=O)(=O)[C@@H]3C2)n1. The number of likely N-dealkylation sites (tertiary alicyclic amines) is 1. The molecule has 2 fully saturated rings. The fraction of sp³-hybridized carbons (Fsp3) is 0.529. The first-order valence-electron chi connectivity index (χ1n) is 8.46. The summed E-state index contributed by atoms with van der Waals surface area (Å²) in [7, 11) is -3.25. The van der Waals surface area contributed by atoms with Gasteiger partial charge < -0.3 is 0 Å². The lowest BCUT2D eigenvalue weighted by atomic mass is 10.1. The van der Waals surface area contributed by atoms with E-state index in [4.69, 9.17) is 0 Å². The van der Waals surface area contributed by atoms with Crippen molar-refractivity contribution in [2.24, 2.45) is 5.92 Å². The standard InChI is InChI=1S/C17H22N4O2S2/c1-12-4-3-5-15(18-12)8-20-6-14-7-21(25(22,23)17(14)10-20)9-16-11-24-13(2)19-16/h3-5,11,14,17H,6-10H2,1-2H3/t14-,17+/m0/s1. The minimum Gasteiger partial charge on any atom is -0.296 e. The van der Waals surface area contributed by atoms with Gasteiger partial charge in [0.1, 0.15) is 0 Å². The molecule has 0 amide bonds. The Kier molecular flexibility index (Phi) is 4.39. The molecule has 0 aromatic carbocycles. The molecule has 134 valence electrons. The highest BCUT2D eigenvalue weighted by Gasteiger charge is 2.50. The van der Waals surface area contributed by atoms with Crippen LogP contribution in [0, 0.1) is 19.8 Å². The smallest absolute Gasteiger partial charge is 0.218 e. The minimum atomic E-state index is -3.25. The Morgan fingerprint density at radius 1 is 1.12 bits per heavy atom. The lowest BCUT2D eigenvalue weighted by molar-refractivity contribution is 0.291. The number of hydrogen-bond acceptors (Lipinski definition) is 6. The van der Waals surface area contributed by atoms with Crippen molar-refractivity contribution in [2.75, 3.05) is 19.6 Å². The third-order valence-corrected chi connectivity index (χ3v) is 8.09. The Bertz CT molecular complexity index is 880. The quantitative estimate of drug-likeness (QED) is 0.812. The molecule has 0 radical (unpaired) electrons. The summed E-state index contributed by atoms with van der Waals surface area (Å²) in [4.78, 5) is 11.2. The first-order chi connectivity index (χ1) is 11.9. The van der Waals surface area contributed by atoms with Crippen LogP contribution in [-0.4, -0.2) is 52.5 Å². The van der Waals surface area contributed by atoms with E-state index < -0.39 is 10.0 Å². The van der Waals surface area contributed by atoms with Crippen LogP contribution in [0.3, 0.4) is 0 Å². The maximum atomic E-state index is 12.9. The maximum absolute atomic E-state index is 12.9. The van der Waals surface area contributed by atoms with Crippen LogP contribution in [0.25, 0.3) is 0 Å². The Morgan fingerprint density at radius 3 is 2.64 bits per heavy atom. The second kappa shape index (κ2) is 6.42. The van der Waals surface area contributed by atoms with E-state index in [2.05, 4.69) is 14.9 Å². The van der Waals surface area contributed by atoms with Gasteiger partial charge in [-0.05, 0) is 26.0 Å². The van der Waals surface area contributed by atoms with Gasteiger partial charge >= 0.3 is 0 Å². The van der Waals surface area contributed by atoms with Crippen molar-refractivity contribution < 1.29 is 8.42 Å². The molecule has 2 saturated heterocycles. The van der Waals surface area contributed by atoms with Gasteiger partial charge in [0.15, 0.2) is 0 Å². The van der Waals surface area contributed by atoms with Crippen molar-refractivity contribution in [3.8, 4) is 0 Å². The zero-order valence-corrected chi connectivity index (χ0v) is 16.1. The number of rotatable bonds is 4. The van der Waals surface area contributed by atoms with Gasteiger partial charge in [0.05, 0.1) is 28.2 Å². The Labute approximate surface area is 152 Å². The lowest BCUT2D eigenvalue weighted by Gasteiger charge is -2.20. The van der Waals surface area contributed by atoms with E-state index in [1.807, 2.05) is 37.4 Å². The predicted molar refractivity (Wildman–Crippen MR) is 97.7 cm³/mol. The van der Waals surface area contributed by atoms with Crippen LogP contribution >= 0.6 is 11.3 Å². The van der Waals surface area contributed by atoms with Gasteiger partial charge in [0.2, 0.25) is 10.0 Å². The number of aryl methyl sites for hydroxylation is 2. The topological polar surface area (TPSA) is 66.4 Å². The average Bonchev–Trinajstić information content (AvgIpc) is 3.18. The summed E-state index contributed by atoms with van der Waals surface area (Å²) >= 11 is 1.56. The van der Waals surface area contributed by atoms with Gasteiger partial charge in [-0.15, -0.1) is 11.3 Å². The third-order valence-electron chi connectivity index (χ3n) is 4.97. The number of hydrogen-bond donors (Lipinski definition) is 0. The van der Waals surface area contributed by atoms with Gasteiger partial charge in [0, 0.05) is 43.2 Å². The van der Waals surface area contributed by atoms with Crippen LogP contribution in [-0.2, 0) is 23.1 Å². The summed E-state index contributed by atoms with van der Waals surface area (Å²) in [5.41, 5.74) is 2.85. The molecule has 8 heteroatoms. The van der Waals surface area contributed by atoms with Gasteiger partial charge in [0.25, 0.3) is 0 Å². The summed E-state index contributed by atoms with van der Waals surface area (Å²) < 4.78 is 27.4. The fourth-order valence-corrected chi connectivity index (χ4v) is 6.61. The Morgan fingerprint density at radius 2 is 1.96 bits per heavy atom. The zero-order valence-electron chi connectivity index (χ0n) is 14.4. The number of nitrogens with zero attached hydrogens (tertiary/aromatic N) is 4. The third kappa shape index (κ3) is 3.36. The summed E-state index contributed by atoms with van der Waals surface area (Å²) in [5, 5.41) is 2.63. The van der Waals surface area contributed by atoms with Crippen molar-refractivity contribution in [2.45, 2.75) is 32.2 Å². The molecule has 0 bridgehead atoms. The van der Waals surface area contributed by atoms with Crippen molar-refractivity contribution in [3.63, 3.8) is 0 Å². The van der Waals surface area contributed by atoms with Crippen molar-refractivity contribution in [3.05, 3.63) is 45.7 Å². The van der Waals surface area contributed by atoms with E-state index in [1.54, 1.807) is 15.6 Å². The molecule has 0 unspecified atom stereocenters. The van der Waals surface area contributed by atoms with E-state index in [0.29, 0.717) is 19.6 Å². The number of fused-ring (bicyclic) bond motifs is 1. The Hall–Kier alpha value is -1.35. The summed E-state index contributed by atoms with van der Waals surface area (Å²) in [5.74, 6) is 0.176. The first kappa shape index (κ1) is 17.1. The molecule has 2 aliphatic heterocycles.